The molecule has 1 saturated carbocycles. The van der Waals surface area contributed by atoms with Gasteiger partial charge in [-0.05, 0) is 17.7 Å². The van der Waals surface area contributed by atoms with Gasteiger partial charge >= 0.3 is 0 Å². The average Bonchev–Trinajstić information content (AvgIpc) is 2.92. The Morgan fingerprint density at radius 3 is 2.25 bits per heavy atom. The normalized spacial score (nSPS) is 28.4. The van der Waals surface area contributed by atoms with Crippen molar-refractivity contribution in [3.8, 4) is 6.07 Å². The van der Waals surface area contributed by atoms with Crippen molar-refractivity contribution in [2.45, 2.75) is 11.2 Å². The highest BCUT2D eigenvalue weighted by Gasteiger charge is 2.57. The molecule has 84 valence electrons. The van der Waals surface area contributed by atoms with Gasteiger partial charge in [0, 0.05) is 17.2 Å². The van der Waals surface area contributed by atoms with E-state index in [1.165, 1.54) is 6.26 Å². The molecule has 1 aliphatic rings. The van der Waals surface area contributed by atoms with Crippen LogP contribution >= 0.6 is 11.6 Å². The lowest BCUT2D eigenvalue weighted by Crippen LogP contribution is -2.06. The lowest BCUT2D eigenvalue weighted by atomic mass is 10.1. The molecule has 0 unspecified atom stereocenters. The molecule has 5 heteroatoms. The van der Waals surface area contributed by atoms with Crippen molar-refractivity contribution in [3.63, 3.8) is 0 Å². The summed E-state index contributed by atoms with van der Waals surface area (Å²) in [5, 5.41) is 8.93. The second-order valence-electron chi connectivity index (χ2n) is 4.03. The fraction of sp³-hybridized carbons (Fsp3) is 0.364. The number of rotatable bonds is 2. The predicted molar refractivity (Wildman–Crippen MR) is 61.9 cm³/mol. The van der Waals surface area contributed by atoms with Gasteiger partial charge in [-0.3, -0.25) is 0 Å². The molecule has 1 aromatic rings. The molecule has 0 spiro atoms. The Morgan fingerprint density at radius 1 is 1.31 bits per heavy atom. The molecule has 1 fully saturated rings. The van der Waals surface area contributed by atoms with E-state index in [0.29, 0.717) is 5.02 Å². The summed E-state index contributed by atoms with van der Waals surface area (Å²) in [5.74, 6) is -0.617. The summed E-state index contributed by atoms with van der Waals surface area (Å²) in [5.41, 5.74) is 0.867. The van der Waals surface area contributed by atoms with Gasteiger partial charge in [0.1, 0.15) is 0 Å². The summed E-state index contributed by atoms with van der Waals surface area (Å²) in [6.45, 7) is 0. The quantitative estimate of drug-likeness (QED) is 0.812. The van der Waals surface area contributed by atoms with Crippen LogP contribution in [0.3, 0.4) is 0 Å². The fourth-order valence-corrected chi connectivity index (χ4v) is 3.71. The molecular formula is C11H10ClNO2S. The van der Waals surface area contributed by atoms with Gasteiger partial charge in [-0.1, -0.05) is 23.7 Å². The number of nitrogens with zero attached hydrogens (tertiary/aromatic N) is 1. The Kier molecular flexibility index (Phi) is 2.69. The monoisotopic (exact) mass is 255 g/mol. The van der Waals surface area contributed by atoms with Crippen LogP contribution in [-0.2, 0) is 9.84 Å². The molecule has 3 atom stereocenters. The van der Waals surface area contributed by atoms with Crippen molar-refractivity contribution in [3.05, 3.63) is 34.9 Å². The Balaban J connectivity index is 2.31. The van der Waals surface area contributed by atoms with Crippen LogP contribution in [0.1, 0.15) is 11.5 Å². The first kappa shape index (κ1) is 11.4. The van der Waals surface area contributed by atoms with Crippen LogP contribution in [0, 0.1) is 17.2 Å². The molecule has 1 aliphatic carbocycles. The Hall–Kier alpha value is -1.05. The minimum absolute atomic E-state index is 0.197. The summed E-state index contributed by atoms with van der Waals surface area (Å²) in [6.07, 6.45) is 1.18. The minimum Gasteiger partial charge on any atom is -0.229 e. The lowest BCUT2D eigenvalue weighted by Gasteiger charge is -1.98. The molecule has 0 heterocycles. The first-order valence-corrected chi connectivity index (χ1v) is 7.12. The highest BCUT2D eigenvalue weighted by molar-refractivity contribution is 7.91. The molecule has 0 radical (unpaired) electrons. The zero-order chi connectivity index (χ0) is 11.9. The molecule has 0 aliphatic heterocycles. The number of nitriles is 1. The van der Waals surface area contributed by atoms with Crippen LogP contribution in [0.2, 0.25) is 5.02 Å². The van der Waals surface area contributed by atoms with Gasteiger partial charge in [0.05, 0.1) is 17.2 Å². The van der Waals surface area contributed by atoms with Crippen molar-refractivity contribution < 1.29 is 8.42 Å². The van der Waals surface area contributed by atoms with Crippen molar-refractivity contribution >= 4 is 21.4 Å². The van der Waals surface area contributed by atoms with Gasteiger partial charge in [0.25, 0.3) is 0 Å². The molecule has 16 heavy (non-hydrogen) atoms. The summed E-state index contributed by atoms with van der Waals surface area (Å²) in [6, 6.07) is 9.03. The first-order valence-electron chi connectivity index (χ1n) is 4.79. The van der Waals surface area contributed by atoms with Crippen LogP contribution in [0.15, 0.2) is 24.3 Å². The topological polar surface area (TPSA) is 57.9 Å². The van der Waals surface area contributed by atoms with Crippen molar-refractivity contribution in [1.82, 2.24) is 0 Å². The van der Waals surface area contributed by atoms with Crippen molar-refractivity contribution in [1.29, 1.82) is 5.26 Å². The summed E-state index contributed by atoms with van der Waals surface area (Å²) < 4.78 is 22.9. The number of halogens is 1. The zero-order valence-corrected chi connectivity index (χ0v) is 10.2. The Labute approximate surface area is 99.6 Å². The Bertz CT molecular complexity index is 544. The van der Waals surface area contributed by atoms with E-state index < -0.39 is 21.0 Å². The smallest absolute Gasteiger partial charge is 0.152 e. The van der Waals surface area contributed by atoms with Crippen LogP contribution in [0.4, 0.5) is 0 Å². The molecule has 1 aromatic carbocycles. The molecule has 3 nitrogen and oxygen atoms in total. The summed E-state index contributed by atoms with van der Waals surface area (Å²) in [7, 11) is -3.15. The van der Waals surface area contributed by atoms with E-state index in [1.54, 1.807) is 24.3 Å². The second-order valence-corrected chi connectivity index (χ2v) is 6.67. The number of hydrogen-bond donors (Lipinski definition) is 0. The van der Waals surface area contributed by atoms with E-state index >= 15 is 0 Å². The second kappa shape index (κ2) is 3.76. The van der Waals surface area contributed by atoms with Crippen LogP contribution in [0.5, 0.6) is 0 Å². The third-order valence-corrected chi connectivity index (χ3v) is 4.68. The SMILES string of the molecule is CS(=O)(=O)[C@@H]1[C@@H](C#N)[C@H]1c1ccc(Cl)cc1. The van der Waals surface area contributed by atoms with Gasteiger partial charge in [-0.15, -0.1) is 0 Å². The number of hydrogen-bond acceptors (Lipinski definition) is 3. The Morgan fingerprint density at radius 2 is 1.88 bits per heavy atom. The largest absolute Gasteiger partial charge is 0.229 e. The van der Waals surface area contributed by atoms with Crippen LogP contribution in [-0.4, -0.2) is 19.9 Å². The first-order chi connectivity index (χ1) is 7.45. The van der Waals surface area contributed by atoms with Gasteiger partial charge < -0.3 is 0 Å². The van der Waals surface area contributed by atoms with Crippen LogP contribution < -0.4 is 0 Å². The average molecular weight is 256 g/mol. The molecule has 0 N–H and O–H groups in total. The maximum absolute atomic E-state index is 11.4. The van der Waals surface area contributed by atoms with Crippen molar-refractivity contribution in [2.24, 2.45) is 5.92 Å². The van der Waals surface area contributed by atoms with Crippen LogP contribution in [0.25, 0.3) is 0 Å². The van der Waals surface area contributed by atoms with Gasteiger partial charge in [-0.2, -0.15) is 5.26 Å². The summed E-state index contributed by atoms with van der Waals surface area (Å²) >= 11 is 5.75. The lowest BCUT2D eigenvalue weighted by molar-refractivity contribution is 0.599. The molecule has 0 bridgehead atoms. The molecule has 0 amide bonds. The third kappa shape index (κ3) is 1.93. The maximum Gasteiger partial charge on any atom is 0.152 e. The van der Waals surface area contributed by atoms with Gasteiger partial charge in [-0.25, -0.2) is 8.42 Å². The van der Waals surface area contributed by atoms with Gasteiger partial charge in [0.2, 0.25) is 0 Å². The zero-order valence-electron chi connectivity index (χ0n) is 8.59. The molecule has 0 saturated heterocycles. The number of benzene rings is 1. The summed E-state index contributed by atoms with van der Waals surface area (Å²) in [4.78, 5) is 0. The standard InChI is InChI=1S/C11H10ClNO2S/c1-16(14,15)11-9(6-13)10(11)7-2-4-8(12)5-3-7/h2-5,9-11H,1H3/t9-,10+,11+/m0/s1. The molecule has 2 rings (SSSR count). The highest BCUT2D eigenvalue weighted by atomic mass is 35.5. The minimum atomic E-state index is -3.15. The van der Waals surface area contributed by atoms with Crippen molar-refractivity contribution in [2.75, 3.05) is 6.26 Å². The maximum atomic E-state index is 11.4. The third-order valence-electron chi connectivity index (χ3n) is 2.85. The van der Waals surface area contributed by atoms with E-state index in [4.69, 9.17) is 16.9 Å². The van der Waals surface area contributed by atoms with E-state index in [1.807, 2.05) is 6.07 Å². The van der Waals surface area contributed by atoms with Gasteiger partial charge in [0.15, 0.2) is 9.84 Å². The molecule has 0 aromatic heterocycles. The fourth-order valence-electron chi connectivity index (χ4n) is 2.05. The number of sulfone groups is 1. The van der Waals surface area contributed by atoms with E-state index in [-0.39, 0.29) is 5.92 Å². The predicted octanol–water partition coefficient (Wildman–Crippen LogP) is 1.99. The highest BCUT2D eigenvalue weighted by Crippen LogP contribution is 2.51. The van der Waals surface area contributed by atoms with E-state index in [9.17, 15) is 8.42 Å². The van der Waals surface area contributed by atoms with E-state index in [2.05, 4.69) is 0 Å². The molecular weight excluding hydrogens is 246 g/mol. The van der Waals surface area contributed by atoms with E-state index in [0.717, 1.165) is 5.56 Å².